The van der Waals surface area contributed by atoms with Crippen LogP contribution in [0.2, 0.25) is 0 Å². The fourth-order valence-electron chi connectivity index (χ4n) is 1.60. The Morgan fingerprint density at radius 2 is 2.14 bits per heavy atom. The molecule has 0 radical (unpaired) electrons. The maximum Gasteiger partial charge on any atom is 0.410 e. The molecule has 21 heavy (non-hydrogen) atoms. The predicted molar refractivity (Wildman–Crippen MR) is 85.6 cm³/mol. The summed E-state index contributed by atoms with van der Waals surface area (Å²) in [7, 11) is 0. The molecule has 2 aromatic rings. The molecular weight excluding hydrogens is 286 g/mol. The van der Waals surface area contributed by atoms with Gasteiger partial charge in [-0.15, -0.1) is 11.3 Å². The molecule has 6 heteroatoms. The molecule has 2 heterocycles. The highest BCUT2D eigenvalue weighted by Gasteiger charge is 2.16. The van der Waals surface area contributed by atoms with Gasteiger partial charge in [0.1, 0.15) is 10.8 Å². The molecule has 110 valence electrons. The van der Waals surface area contributed by atoms with Crippen LogP contribution in [-0.2, 0) is 5.41 Å². The number of amides is 1. The lowest BCUT2D eigenvalue weighted by atomic mass is 9.93. The van der Waals surface area contributed by atoms with Crippen LogP contribution in [0.25, 0.3) is 12.2 Å². The first-order chi connectivity index (χ1) is 9.84. The maximum atomic E-state index is 10.6. The van der Waals surface area contributed by atoms with Crippen molar-refractivity contribution in [2.75, 3.05) is 5.32 Å². The molecule has 0 fully saturated rings. The second-order valence-corrected chi connectivity index (χ2v) is 6.45. The second-order valence-electron chi connectivity index (χ2n) is 5.56. The zero-order valence-corrected chi connectivity index (χ0v) is 12.9. The smallest absolute Gasteiger partial charge is 0.410 e. The van der Waals surface area contributed by atoms with Crippen molar-refractivity contribution >= 4 is 35.4 Å². The lowest BCUT2D eigenvalue weighted by Crippen LogP contribution is -2.11. The summed E-state index contributed by atoms with van der Waals surface area (Å²) in [6.45, 7) is 6.38. The number of nitrogens with one attached hydrogen (secondary N) is 1. The average molecular weight is 303 g/mol. The average Bonchev–Trinajstić information content (AvgIpc) is 2.84. The van der Waals surface area contributed by atoms with Crippen LogP contribution in [0.3, 0.4) is 0 Å². The minimum Gasteiger partial charge on any atom is -0.465 e. The number of thiazole rings is 1. The Hall–Kier alpha value is -2.21. The van der Waals surface area contributed by atoms with Gasteiger partial charge in [0.05, 0.1) is 5.69 Å². The van der Waals surface area contributed by atoms with E-state index in [1.165, 1.54) is 0 Å². The Morgan fingerprint density at radius 1 is 1.38 bits per heavy atom. The summed E-state index contributed by atoms with van der Waals surface area (Å²) in [5, 5.41) is 13.9. The van der Waals surface area contributed by atoms with Crippen LogP contribution >= 0.6 is 11.3 Å². The third-order valence-corrected chi connectivity index (χ3v) is 3.54. The van der Waals surface area contributed by atoms with Crippen molar-refractivity contribution in [1.82, 2.24) is 9.97 Å². The zero-order chi connectivity index (χ0) is 15.5. The minimum absolute atomic E-state index is 0.0395. The van der Waals surface area contributed by atoms with Gasteiger partial charge < -0.3 is 5.11 Å². The molecule has 0 aliphatic rings. The van der Waals surface area contributed by atoms with Gasteiger partial charge in [0.2, 0.25) is 0 Å². The standard InChI is InChI=1S/C15H17N3O2S/c1-15(2,3)11-9-21-13(17-11)5-4-10-6-7-16-12(8-10)18-14(19)20/h4-9H,1-3H3,(H,16,18)(H,19,20). The Labute approximate surface area is 127 Å². The molecule has 0 unspecified atom stereocenters. The number of carboxylic acid groups (broad SMARTS) is 1. The molecular formula is C15H17N3O2S. The summed E-state index contributed by atoms with van der Waals surface area (Å²) in [5.41, 5.74) is 1.97. The lowest BCUT2D eigenvalue weighted by Gasteiger charge is -2.13. The molecule has 0 aliphatic heterocycles. The molecule has 1 amide bonds. The summed E-state index contributed by atoms with van der Waals surface area (Å²) in [6, 6.07) is 3.48. The van der Waals surface area contributed by atoms with Crippen molar-refractivity contribution in [2.45, 2.75) is 26.2 Å². The molecule has 0 bridgehead atoms. The van der Waals surface area contributed by atoms with E-state index in [0.29, 0.717) is 5.82 Å². The number of nitrogens with zero attached hydrogens (tertiary/aromatic N) is 2. The Kier molecular flexibility index (Phi) is 4.37. The van der Waals surface area contributed by atoms with Gasteiger partial charge in [0.25, 0.3) is 0 Å². The summed E-state index contributed by atoms with van der Waals surface area (Å²) in [6.07, 6.45) is 4.24. The molecule has 0 spiro atoms. The molecule has 2 aromatic heterocycles. The van der Waals surface area contributed by atoms with Crippen LogP contribution in [0.15, 0.2) is 23.7 Å². The van der Waals surface area contributed by atoms with Crippen LogP contribution in [-0.4, -0.2) is 21.2 Å². The van der Waals surface area contributed by atoms with E-state index in [9.17, 15) is 4.79 Å². The number of rotatable bonds is 3. The SMILES string of the molecule is CC(C)(C)c1csc(C=Cc2ccnc(NC(=O)O)c2)n1. The Bertz CT molecular complexity index is 672. The quantitative estimate of drug-likeness (QED) is 0.895. The van der Waals surface area contributed by atoms with Crippen LogP contribution in [0, 0.1) is 0 Å². The minimum atomic E-state index is -1.13. The van der Waals surface area contributed by atoms with Crippen LogP contribution < -0.4 is 5.32 Å². The molecule has 5 nitrogen and oxygen atoms in total. The van der Waals surface area contributed by atoms with E-state index in [2.05, 4.69) is 41.4 Å². The zero-order valence-electron chi connectivity index (χ0n) is 12.1. The fourth-order valence-corrected chi connectivity index (χ4v) is 2.54. The first-order valence-electron chi connectivity index (χ1n) is 6.45. The highest BCUT2D eigenvalue weighted by atomic mass is 32.1. The fraction of sp³-hybridized carbons (Fsp3) is 0.267. The summed E-state index contributed by atoms with van der Waals surface area (Å²) >= 11 is 1.59. The third kappa shape index (κ3) is 4.39. The van der Waals surface area contributed by atoms with Gasteiger partial charge in [-0.1, -0.05) is 26.8 Å². The van der Waals surface area contributed by atoms with Gasteiger partial charge >= 0.3 is 6.09 Å². The van der Waals surface area contributed by atoms with E-state index < -0.39 is 6.09 Å². The third-order valence-electron chi connectivity index (χ3n) is 2.73. The molecule has 2 N–H and O–H groups in total. The molecule has 0 aromatic carbocycles. The van der Waals surface area contributed by atoms with Gasteiger partial charge in [-0.3, -0.25) is 5.32 Å². The monoisotopic (exact) mass is 303 g/mol. The van der Waals surface area contributed by atoms with Crippen molar-refractivity contribution in [2.24, 2.45) is 0 Å². The highest BCUT2D eigenvalue weighted by molar-refractivity contribution is 7.10. The molecule has 0 aliphatic carbocycles. The van der Waals surface area contributed by atoms with E-state index in [0.717, 1.165) is 16.3 Å². The first kappa shape index (κ1) is 15.2. The Balaban J connectivity index is 2.14. The van der Waals surface area contributed by atoms with E-state index in [4.69, 9.17) is 5.11 Å². The number of pyridine rings is 1. The summed E-state index contributed by atoms with van der Waals surface area (Å²) < 4.78 is 0. The van der Waals surface area contributed by atoms with Crippen molar-refractivity contribution in [3.8, 4) is 0 Å². The summed E-state index contributed by atoms with van der Waals surface area (Å²) in [4.78, 5) is 19.1. The van der Waals surface area contributed by atoms with E-state index in [1.807, 2.05) is 18.2 Å². The van der Waals surface area contributed by atoms with Crippen LogP contribution in [0.5, 0.6) is 0 Å². The van der Waals surface area contributed by atoms with Gasteiger partial charge in [0, 0.05) is 17.0 Å². The number of aromatic nitrogens is 2. The van der Waals surface area contributed by atoms with Crippen molar-refractivity contribution < 1.29 is 9.90 Å². The van der Waals surface area contributed by atoms with Crippen molar-refractivity contribution in [3.63, 3.8) is 0 Å². The molecule has 2 rings (SSSR count). The first-order valence-corrected chi connectivity index (χ1v) is 7.32. The maximum absolute atomic E-state index is 10.6. The van der Waals surface area contributed by atoms with Crippen LogP contribution in [0.1, 0.15) is 37.0 Å². The topological polar surface area (TPSA) is 75.1 Å². The van der Waals surface area contributed by atoms with Gasteiger partial charge in [-0.2, -0.15) is 0 Å². The number of anilines is 1. The van der Waals surface area contributed by atoms with Gasteiger partial charge in [0.15, 0.2) is 0 Å². The molecule has 0 atom stereocenters. The lowest BCUT2D eigenvalue weighted by molar-refractivity contribution is 0.209. The van der Waals surface area contributed by atoms with E-state index >= 15 is 0 Å². The van der Waals surface area contributed by atoms with Gasteiger partial charge in [-0.25, -0.2) is 14.8 Å². The number of hydrogen-bond acceptors (Lipinski definition) is 4. The number of hydrogen-bond donors (Lipinski definition) is 2. The molecule has 0 saturated heterocycles. The van der Waals surface area contributed by atoms with Gasteiger partial charge in [-0.05, 0) is 23.8 Å². The second kappa shape index (κ2) is 6.05. The normalized spacial score (nSPS) is 11.8. The van der Waals surface area contributed by atoms with Crippen molar-refractivity contribution in [1.29, 1.82) is 0 Å². The van der Waals surface area contributed by atoms with E-state index in [1.54, 1.807) is 23.6 Å². The largest absolute Gasteiger partial charge is 0.465 e. The Morgan fingerprint density at radius 3 is 2.76 bits per heavy atom. The summed E-state index contributed by atoms with van der Waals surface area (Å²) in [5.74, 6) is 0.305. The number of carbonyl (C=O) groups is 1. The highest BCUT2D eigenvalue weighted by Crippen LogP contribution is 2.24. The van der Waals surface area contributed by atoms with Crippen molar-refractivity contribution in [3.05, 3.63) is 40.0 Å². The van der Waals surface area contributed by atoms with Crippen LogP contribution in [0.4, 0.5) is 10.6 Å². The van der Waals surface area contributed by atoms with E-state index in [-0.39, 0.29) is 5.41 Å². The molecule has 0 saturated carbocycles. The predicted octanol–water partition coefficient (Wildman–Crippen LogP) is 4.10.